The molecule has 2 heterocycles. The number of rotatable bonds is 5. The lowest BCUT2D eigenvalue weighted by molar-refractivity contribution is -0.0668. The number of nitrogens with zero attached hydrogens (tertiary/aromatic N) is 4. The number of likely N-dealkylation sites (tertiary alicyclic amines) is 1. The molecule has 1 N–H and O–H groups in total. The van der Waals surface area contributed by atoms with Gasteiger partial charge in [-0.1, -0.05) is 20.8 Å². The van der Waals surface area contributed by atoms with Crippen molar-refractivity contribution in [2.24, 2.45) is 16.3 Å². The number of aliphatic imine (C=N–C) groups is 1. The van der Waals surface area contributed by atoms with Crippen LogP contribution in [0.15, 0.2) is 11.1 Å². The molecule has 0 amide bonds. The standard InChI is InChI=1S/C19H35N5.HI/c1-9-20-17(23-13-18(5,6)19(23,7)8)21-11-14(2)12-24-16(4)10-15(3)22-24;/h10,14H,9,11-13H2,1-8H3,(H,20,21);1H. The van der Waals surface area contributed by atoms with Crippen molar-refractivity contribution >= 4 is 29.9 Å². The van der Waals surface area contributed by atoms with Crippen molar-refractivity contribution in [1.29, 1.82) is 0 Å². The van der Waals surface area contributed by atoms with E-state index in [0.717, 1.165) is 37.8 Å². The van der Waals surface area contributed by atoms with Crippen molar-refractivity contribution in [2.45, 2.75) is 67.5 Å². The molecule has 1 aromatic rings. The normalized spacial score (nSPS) is 19.8. The van der Waals surface area contributed by atoms with Crippen LogP contribution in [0.1, 0.15) is 52.9 Å². The average Bonchev–Trinajstić information content (AvgIpc) is 2.79. The van der Waals surface area contributed by atoms with Crippen molar-refractivity contribution < 1.29 is 0 Å². The van der Waals surface area contributed by atoms with Crippen LogP contribution in [-0.4, -0.2) is 45.8 Å². The Bertz CT molecular complexity index is 603. The maximum Gasteiger partial charge on any atom is 0.194 e. The van der Waals surface area contributed by atoms with E-state index in [9.17, 15) is 0 Å². The first kappa shape index (κ1) is 22.3. The van der Waals surface area contributed by atoms with Gasteiger partial charge < -0.3 is 10.2 Å². The van der Waals surface area contributed by atoms with Crippen molar-refractivity contribution in [1.82, 2.24) is 20.0 Å². The molecular formula is C19H36IN5. The predicted octanol–water partition coefficient (Wildman–Crippen LogP) is 3.84. The highest BCUT2D eigenvalue weighted by atomic mass is 127. The van der Waals surface area contributed by atoms with Gasteiger partial charge in [0.2, 0.25) is 0 Å². The Balaban J connectivity index is 0.00000312. The monoisotopic (exact) mass is 461 g/mol. The van der Waals surface area contributed by atoms with E-state index in [0.29, 0.717) is 11.3 Å². The topological polar surface area (TPSA) is 45.5 Å². The van der Waals surface area contributed by atoms with Crippen molar-refractivity contribution in [3.05, 3.63) is 17.5 Å². The number of guanidine groups is 1. The Kier molecular flexibility index (Phi) is 7.36. The summed E-state index contributed by atoms with van der Waals surface area (Å²) in [5.74, 6) is 1.50. The highest BCUT2D eigenvalue weighted by molar-refractivity contribution is 14.0. The molecule has 2 rings (SSSR count). The van der Waals surface area contributed by atoms with Crippen molar-refractivity contribution in [2.75, 3.05) is 19.6 Å². The molecule has 1 atom stereocenters. The van der Waals surface area contributed by atoms with E-state index in [1.165, 1.54) is 5.69 Å². The van der Waals surface area contributed by atoms with Gasteiger partial charge in [0.05, 0.1) is 5.69 Å². The van der Waals surface area contributed by atoms with E-state index in [4.69, 9.17) is 4.99 Å². The summed E-state index contributed by atoms with van der Waals surface area (Å²) in [7, 11) is 0. The van der Waals surface area contributed by atoms with E-state index >= 15 is 0 Å². The number of aryl methyl sites for hydroxylation is 2. The van der Waals surface area contributed by atoms with Crippen LogP contribution in [0.5, 0.6) is 0 Å². The van der Waals surface area contributed by atoms with E-state index in [1.54, 1.807) is 0 Å². The molecule has 0 radical (unpaired) electrons. The first-order chi connectivity index (χ1) is 11.1. The molecule has 0 bridgehead atoms. The predicted molar refractivity (Wildman–Crippen MR) is 117 cm³/mol. The van der Waals surface area contributed by atoms with E-state index < -0.39 is 0 Å². The number of halogens is 1. The lowest BCUT2D eigenvalue weighted by Crippen LogP contribution is -2.72. The second kappa shape index (κ2) is 8.27. The van der Waals surface area contributed by atoms with Gasteiger partial charge in [0, 0.05) is 42.8 Å². The molecule has 0 aliphatic carbocycles. The SMILES string of the molecule is CCNC(=NCC(C)Cn1nc(C)cc1C)N1CC(C)(C)C1(C)C.I. The largest absolute Gasteiger partial charge is 0.356 e. The molecule has 1 saturated heterocycles. The van der Waals surface area contributed by atoms with Gasteiger partial charge in [0.1, 0.15) is 0 Å². The fourth-order valence-electron chi connectivity index (χ4n) is 3.25. The minimum Gasteiger partial charge on any atom is -0.356 e. The fourth-order valence-corrected chi connectivity index (χ4v) is 3.25. The van der Waals surface area contributed by atoms with Gasteiger partial charge in [-0.2, -0.15) is 5.10 Å². The number of nitrogens with one attached hydrogen (secondary N) is 1. The molecule has 25 heavy (non-hydrogen) atoms. The molecule has 1 aromatic heterocycles. The zero-order chi connectivity index (χ0) is 18.1. The third kappa shape index (κ3) is 4.68. The summed E-state index contributed by atoms with van der Waals surface area (Å²) in [6.07, 6.45) is 0. The minimum atomic E-state index is 0. The molecule has 0 aromatic carbocycles. The summed E-state index contributed by atoms with van der Waals surface area (Å²) in [5, 5.41) is 8.03. The molecule has 1 unspecified atom stereocenters. The molecule has 5 nitrogen and oxygen atoms in total. The van der Waals surface area contributed by atoms with Crippen LogP contribution in [0.3, 0.4) is 0 Å². The molecular weight excluding hydrogens is 425 g/mol. The summed E-state index contributed by atoms with van der Waals surface area (Å²) < 4.78 is 2.10. The number of aromatic nitrogens is 2. The lowest BCUT2D eigenvalue weighted by Gasteiger charge is -2.62. The Morgan fingerprint density at radius 2 is 1.96 bits per heavy atom. The second-order valence-corrected chi connectivity index (χ2v) is 8.44. The second-order valence-electron chi connectivity index (χ2n) is 8.44. The van der Waals surface area contributed by atoms with E-state index in [1.807, 2.05) is 6.92 Å². The number of hydrogen-bond acceptors (Lipinski definition) is 2. The Morgan fingerprint density at radius 1 is 1.32 bits per heavy atom. The molecule has 1 aliphatic heterocycles. The van der Waals surface area contributed by atoms with Crippen molar-refractivity contribution in [3.8, 4) is 0 Å². The molecule has 144 valence electrons. The van der Waals surface area contributed by atoms with Gasteiger partial charge in [-0.05, 0) is 46.6 Å². The van der Waals surface area contributed by atoms with Gasteiger partial charge in [0.25, 0.3) is 0 Å². The summed E-state index contributed by atoms with van der Waals surface area (Å²) in [6, 6.07) is 2.13. The van der Waals surface area contributed by atoms with Gasteiger partial charge in [-0.15, -0.1) is 24.0 Å². The minimum absolute atomic E-state index is 0. The van der Waals surface area contributed by atoms with E-state index in [2.05, 4.69) is 74.5 Å². The third-order valence-electron chi connectivity index (χ3n) is 5.62. The maximum atomic E-state index is 4.92. The van der Waals surface area contributed by atoms with Gasteiger partial charge in [-0.3, -0.25) is 9.67 Å². The first-order valence-corrected chi connectivity index (χ1v) is 9.15. The average molecular weight is 461 g/mol. The van der Waals surface area contributed by atoms with E-state index in [-0.39, 0.29) is 29.5 Å². The Labute approximate surface area is 170 Å². The highest BCUT2D eigenvalue weighted by Crippen LogP contribution is 2.46. The summed E-state index contributed by atoms with van der Waals surface area (Å²) >= 11 is 0. The fraction of sp³-hybridized carbons (Fsp3) is 0.789. The maximum absolute atomic E-state index is 4.92. The van der Waals surface area contributed by atoms with Crippen LogP contribution in [0, 0.1) is 25.2 Å². The highest BCUT2D eigenvalue weighted by Gasteiger charge is 2.53. The van der Waals surface area contributed by atoms with Crippen LogP contribution in [0.2, 0.25) is 0 Å². The van der Waals surface area contributed by atoms with Crippen LogP contribution in [-0.2, 0) is 6.54 Å². The quantitative estimate of drug-likeness (QED) is 0.412. The molecule has 0 spiro atoms. The Morgan fingerprint density at radius 3 is 2.40 bits per heavy atom. The van der Waals surface area contributed by atoms with Crippen LogP contribution >= 0.6 is 24.0 Å². The zero-order valence-corrected chi connectivity index (χ0v) is 19.5. The van der Waals surface area contributed by atoms with Crippen LogP contribution in [0.4, 0.5) is 0 Å². The third-order valence-corrected chi connectivity index (χ3v) is 5.62. The van der Waals surface area contributed by atoms with Crippen molar-refractivity contribution in [3.63, 3.8) is 0 Å². The molecule has 1 fully saturated rings. The lowest BCUT2D eigenvalue weighted by atomic mass is 9.65. The number of hydrogen-bond donors (Lipinski definition) is 1. The zero-order valence-electron chi connectivity index (χ0n) is 17.2. The molecule has 6 heteroatoms. The Hall–Kier alpha value is -0.790. The smallest absolute Gasteiger partial charge is 0.194 e. The first-order valence-electron chi connectivity index (χ1n) is 9.15. The summed E-state index contributed by atoms with van der Waals surface area (Å²) in [5.41, 5.74) is 2.76. The molecule has 1 aliphatic rings. The van der Waals surface area contributed by atoms with Crippen LogP contribution in [0.25, 0.3) is 0 Å². The van der Waals surface area contributed by atoms with Gasteiger partial charge >= 0.3 is 0 Å². The van der Waals surface area contributed by atoms with Gasteiger partial charge in [0.15, 0.2) is 5.96 Å². The van der Waals surface area contributed by atoms with Gasteiger partial charge in [-0.25, -0.2) is 0 Å². The van der Waals surface area contributed by atoms with Crippen LogP contribution < -0.4 is 5.32 Å². The summed E-state index contributed by atoms with van der Waals surface area (Å²) in [4.78, 5) is 7.33. The summed E-state index contributed by atoms with van der Waals surface area (Å²) in [6.45, 7) is 21.5. The molecule has 0 saturated carbocycles.